The van der Waals surface area contributed by atoms with Crippen molar-refractivity contribution in [2.45, 2.75) is 38.9 Å². The largest absolute Gasteiger partial charge is 0.490 e. The maximum Gasteiger partial charge on any atom is 0.122 e. The maximum atomic E-state index is 10.4. The minimum atomic E-state index is -0.283. The fourth-order valence-electron chi connectivity index (χ4n) is 3.66. The molecule has 1 atom stereocenters. The minimum absolute atomic E-state index is 0.283. The highest BCUT2D eigenvalue weighted by Gasteiger charge is 2.23. The van der Waals surface area contributed by atoms with Crippen molar-refractivity contribution in [1.82, 2.24) is 9.80 Å². The van der Waals surface area contributed by atoms with E-state index in [1.807, 2.05) is 0 Å². The molecule has 25 heavy (non-hydrogen) atoms. The molecule has 2 saturated heterocycles. The number of benzene rings is 1. The highest BCUT2D eigenvalue weighted by Crippen LogP contribution is 2.24. The number of morpholine rings is 1. The van der Waals surface area contributed by atoms with Crippen LogP contribution in [0.3, 0.4) is 0 Å². The van der Waals surface area contributed by atoms with Gasteiger partial charge in [0.1, 0.15) is 11.9 Å². The molecule has 1 aromatic rings. The normalized spacial score (nSPS) is 22.0. The fourth-order valence-corrected chi connectivity index (χ4v) is 3.66. The summed E-state index contributed by atoms with van der Waals surface area (Å²) in [6.45, 7) is 11.1. The van der Waals surface area contributed by atoms with Gasteiger partial charge in [-0.05, 0) is 43.9 Å². The van der Waals surface area contributed by atoms with E-state index in [9.17, 15) is 5.11 Å². The minimum Gasteiger partial charge on any atom is -0.490 e. The Morgan fingerprint density at radius 2 is 1.72 bits per heavy atom. The van der Waals surface area contributed by atoms with Gasteiger partial charge in [-0.1, -0.05) is 12.1 Å². The molecule has 140 valence electrons. The van der Waals surface area contributed by atoms with Crippen LogP contribution in [0.2, 0.25) is 0 Å². The van der Waals surface area contributed by atoms with Crippen molar-refractivity contribution in [3.8, 4) is 5.75 Å². The molecule has 5 heteroatoms. The van der Waals surface area contributed by atoms with Gasteiger partial charge in [-0.15, -0.1) is 0 Å². The monoisotopic (exact) mass is 348 g/mol. The van der Waals surface area contributed by atoms with Crippen molar-refractivity contribution in [3.63, 3.8) is 0 Å². The van der Waals surface area contributed by atoms with E-state index in [1.165, 1.54) is 11.1 Å². The second-order valence-electron chi connectivity index (χ2n) is 7.45. The molecule has 0 amide bonds. The number of likely N-dealkylation sites (tertiary alicyclic amines) is 1. The molecule has 0 radical (unpaired) electrons. The van der Waals surface area contributed by atoms with Gasteiger partial charge in [0.2, 0.25) is 0 Å². The second-order valence-corrected chi connectivity index (χ2v) is 7.45. The summed E-state index contributed by atoms with van der Waals surface area (Å²) in [6, 6.07) is 6.39. The summed E-state index contributed by atoms with van der Waals surface area (Å²) in [5.74, 6) is 1.02. The van der Waals surface area contributed by atoms with Gasteiger partial charge in [-0.2, -0.15) is 0 Å². The lowest BCUT2D eigenvalue weighted by molar-refractivity contribution is 0.00145. The number of ether oxygens (including phenoxy) is 2. The first-order chi connectivity index (χ1) is 12.1. The lowest BCUT2D eigenvalue weighted by Gasteiger charge is -2.35. The molecule has 5 nitrogen and oxygen atoms in total. The van der Waals surface area contributed by atoms with Gasteiger partial charge in [-0.3, -0.25) is 4.90 Å². The fraction of sp³-hybridized carbons (Fsp3) is 0.700. The summed E-state index contributed by atoms with van der Waals surface area (Å²) in [5.41, 5.74) is 2.44. The number of nitrogens with zero attached hydrogens (tertiary/aromatic N) is 2. The van der Waals surface area contributed by atoms with Crippen molar-refractivity contribution in [3.05, 3.63) is 29.3 Å². The van der Waals surface area contributed by atoms with E-state index in [0.717, 1.165) is 71.1 Å². The predicted octanol–water partition coefficient (Wildman–Crippen LogP) is 1.84. The molecule has 0 aliphatic carbocycles. The Hall–Kier alpha value is -1.14. The van der Waals surface area contributed by atoms with Gasteiger partial charge < -0.3 is 19.5 Å². The molecule has 0 saturated carbocycles. The van der Waals surface area contributed by atoms with Crippen LogP contribution in [-0.2, 0) is 4.74 Å². The lowest BCUT2D eigenvalue weighted by Crippen LogP contribution is -2.47. The maximum absolute atomic E-state index is 10.4. The Morgan fingerprint density at radius 3 is 2.40 bits per heavy atom. The van der Waals surface area contributed by atoms with Crippen molar-refractivity contribution in [2.75, 3.05) is 52.5 Å². The van der Waals surface area contributed by atoms with Crippen LogP contribution in [0.4, 0.5) is 0 Å². The second kappa shape index (κ2) is 8.99. The van der Waals surface area contributed by atoms with Crippen LogP contribution in [0.5, 0.6) is 5.75 Å². The third kappa shape index (κ3) is 5.68. The zero-order valence-electron chi connectivity index (χ0n) is 15.6. The quantitative estimate of drug-likeness (QED) is 0.850. The first-order valence-electron chi connectivity index (χ1n) is 9.54. The Bertz CT molecular complexity index is 538. The average molecular weight is 348 g/mol. The summed E-state index contributed by atoms with van der Waals surface area (Å²) >= 11 is 0. The SMILES string of the molecule is Cc1ccc(C)c(OC2CCN(CC(O)CN3CCOCC3)CC2)c1. The topological polar surface area (TPSA) is 45.2 Å². The van der Waals surface area contributed by atoms with E-state index in [1.54, 1.807) is 0 Å². The van der Waals surface area contributed by atoms with Gasteiger partial charge in [0, 0.05) is 39.3 Å². The van der Waals surface area contributed by atoms with E-state index in [4.69, 9.17) is 9.47 Å². The van der Waals surface area contributed by atoms with Gasteiger partial charge in [0.15, 0.2) is 0 Å². The molecule has 2 aliphatic rings. The van der Waals surface area contributed by atoms with Crippen LogP contribution in [0.1, 0.15) is 24.0 Å². The number of rotatable bonds is 6. The Balaban J connectivity index is 1.40. The Morgan fingerprint density at radius 1 is 1.08 bits per heavy atom. The number of hydrogen-bond donors (Lipinski definition) is 1. The van der Waals surface area contributed by atoms with Gasteiger partial charge >= 0.3 is 0 Å². The molecule has 2 aliphatic heterocycles. The summed E-state index contributed by atoms with van der Waals surface area (Å²) in [6.07, 6.45) is 2.05. The average Bonchev–Trinajstić information content (AvgIpc) is 2.61. The number of aryl methyl sites for hydroxylation is 2. The zero-order valence-corrected chi connectivity index (χ0v) is 15.6. The van der Waals surface area contributed by atoms with Crippen molar-refractivity contribution in [1.29, 1.82) is 0 Å². The van der Waals surface area contributed by atoms with Crippen LogP contribution in [0, 0.1) is 13.8 Å². The first-order valence-corrected chi connectivity index (χ1v) is 9.54. The number of aliphatic hydroxyl groups excluding tert-OH is 1. The third-order valence-electron chi connectivity index (χ3n) is 5.21. The molecule has 1 aromatic carbocycles. The van der Waals surface area contributed by atoms with Crippen LogP contribution in [0.25, 0.3) is 0 Å². The van der Waals surface area contributed by atoms with Crippen molar-refractivity contribution in [2.24, 2.45) is 0 Å². The highest BCUT2D eigenvalue weighted by atomic mass is 16.5. The summed E-state index contributed by atoms with van der Waals surface area (Å²) in [5, 5.41) is 10.4. The number of piperidine rings is 1. The molecule has 0 spiro atoms. The van der Waals surface area contributed by atoms with Gasteiger partial charge in [0.25, 0.3) is 0 Å². The van der Waals surface area contributed by atoms with Gasteiger partial charge in [-0.25, -0.2) is 0 Å². The third-order valence-corrected chi connectivity index (χ3v) is 5.21. The van der Waals surface area contributed by atoms with E-state index in [0.29, 0.717) is 0 Å². The molecule has 0 aromatic heterocycles. The molecule has 2 fully saturated rings. The zero-order chi connectivity index (χ0) is 17.6. The van der Waals surface area contributed by atoms with Crippen molar-refractivity contribution < 1.29 is 14.6 Å². The van der Waals surface area contributed by atoms with Crippen LogP contribution in [-0.4, -0.2) is 79.6 Å². The smallest absolute Gasteiger partial charge is 0.122 e. The molecule has 1 N–H and O–H groups in total. The molecule has 0 bridgehead atoms. The molecular weight excluding hydrogens is 316 g/mol. The number of hydrogen-bond acceptors (Lipinski definition) is 5. The van der Waals surface area contributed by atoms with Crippen molar-refractivity contribution >= 4 is 0 Å². The summed E-state index contributed by atoms with van der Waals surface area (Å²) in [4.78, 5) is 4.67. The van der Waals surface area contributed by atoms with Crippen LogP contribution >= 0.6 is 0 Å². The van der Waals surface area contributed by atoms with Crippen LogP contribution < -0.4 is 4.74 Å². The standard InChI is InChI=1S/C20H32N2O3/c1-16-3-4-17(2)20(13-16)25-19-5-7-21(8-6-19)14-18(23)15-22-9-11-24-12-10-22/h3-4,13,18-19,23H,5-12,14-15H2,1-2H3. The predicted molar refractivity (Wildman–Crippen MR) is 99.3 cm³/mol. The summed E-state index contributed by atoms with van der Waals surface area (Å²) < 4.78 is 11.6. The Labute approximate surface area is 151 Å². The van der Waals surface area contributed by atoms with E-state index in [-0.39, 0.29) is 12.2 Å². The van der Waals surface area contributed by atoms with E-state index in [2.05, 4.69) is 41.8 Å². The molecule has 1 unspecified atom stereocenters. The first kappa shape index (κ1) is 18.6. The van der Waals surface area contributed by atoms with Crippen LogP contribution in [0.15, 0.2) is 18.2 Å². The molecular formula is C20H32N2O3. The molecule has 3 rings (SSSR count). The molecule has 2 heterocycles. The lowest BCUT2D eigenvalue weighted by atomic mass is 10.1. The Kier molecular flexibility index (Phi) is 6.70. The number of β-amino-alcohol motifs (C(OH)–C–C–N with tert-alkyl or cyclic N) is 1. The summed E-state index contributed by atoms with van der Waals surface area (Å²) in [7, 11) is 0. The van der Waals surface area contributed by atoms with E-state index >= 15 is 0 Å². The highest BCUT2D eigenvalue weighted by molar-refractivity contribution is 5.36. The number of aliphatic hydroxyl groups is 1. The van der Waals surface area contributed by atoms with E-state index < -0.39 is 0 Å². The van der Waals surface area contributed by atoms with Gasteiger partial charge in [0.05, 0.1) is 19.3 Å².